The van der Waals surface area contributed by atoms with Crippen LogP contribution in [0.2, 0.25) is 0 Å². The van der Waals surface area contributed by atoms with Crippen molar-refractivity contribution in [3.63, 3.8) is 0 Å². The number of hydrogen-bond donors (Lipinski definition) is 1. The predicted octanol–water partition coefficient (Wildman–Crippen LogP) is 4.63. The number of thiazole rings is 1. The molecule has 0 fully saturated rings. The first kappa shape index (κ1) is 11.9. The van der Waals surface area contributed by atoms with E-state index in [1.807, 2.05) is 25.4 Å². The van der Waals surface area contributed by atoms with Gasteiger partial charge in [0, 0.05) is 28.2 Å². The smallest absolute Gasteiger partial charge is 0.125 e. The van der Waals surface area contributed by atoms with Gasteiger partial charge >= 0.3 is 0 Å². The Bertz CT molecular complexity index is 594. The van der Waals surface area contributed by atoms with E-state index in [-0.39, 0.29) is 0 Å². The molecule has 0 aliphatic heterocycles. The molecule has 2 heterocycles. The summed E-state index contributed by atoms with van der Waals surface area (Å²) in [7, 11) is 0. The van der Waals surface area contributed by atoms with E-state index in [9.17, 15) is 0 Å². The van der Waals surface area contributed by atoms with Gasteiger partial charge in [-0.05, 0) is 19.1 Å². The Balaban J connectivity index is 0.000000514. The average molecular weight is 244 g/mol. The summed E-state index contributed by atoms with van der Waals surface area (Å²) in [5, 5.41) is 4.33. The minimum Gasteiger partial charge on any atom is -0.358 e. The van der Waals surface area contributed by atoms with Crippen LogP contribution < -0.4 is 0 Å². The molecule has 1 N–H and O–H groups in total. The van der Waals surface area contributed by atoms with Gasteiger partial charge in [0.05, 0.1) is 5.52 Å². The number of benzene rings is 1. The monoisotopic (exact) mass is 244 g/mol. The summed E-state index contributed by atoms with van der Waals surface area (Å²) in [5.41, 5.74) is 3.56. The van der Waals surface area contributed by atoms with Gasteiger partial charge < -0.3 is 4.98 Å². The molecule has 17 heavy (non-hydrogen) atoms. The molecule has 0 aliphatic rings. The van der Waals surface area contributed by atoms with Crippen LogP contribution in [0.1, 0.15) is 19.5 Å². The largest absolute Gasteiger partial charge is 0.358 e. The highest BCUT2D eigenvalue weighted by molar-refractivity contribution is 7.13. The Morgan fingerprint density at radius 1 is 1.24 bits per heavy atom. The van der Waals surface area contributed by atoms with Gasteiger partial charge in [0.1, 0.15) is 5.01 Å². The Kier molecular flexibility index (Phi) is 3.59. The number of H-pyrrole nitrogens is 1. The van der Waals surface area contributed by atoms with E-state index >= 15 is 0 Å². The van der Waals surface area contributed by atoms with Crippen molar-refractivity contribution in [2.45, 2.75) is 20.8 Å². The number of aryl methyl sites for hydroxylation is 1. The van der Waals surface area contributed by atoms with Crippen LogP contribution in [0.3, 0.4) is 0 Å². The molecule has 0 spiro atoms. The lowest BCUT2D eigenvalue weighted by atomic mass is 10.1. The number of nitrogens with zero attached hydrogens (tertiary/aromatic N) is 1. The average Bonchev–Trinajstić information content (AvgIpc) is 2.98. The normalized spacial score (nSPS) is 10.1. The van der Waals surface area contributed by atoms with Crippen molar-refractivity contribution in [1.82, 2.24) is 9.97 Å². The zero-order chi connectivity index (χ0) is 12.3. The summed E-state index contributed by atoms with van der Waals surface area (Å²) in [4.78, 5) is 7.73. The number of rotatable bonds is 1. The van der Waals surface area contributed by atoms with Gasteiger partial charge in [-0.1, -0.05) is 26.0 Å². The molecule has 1 aromatic carbocycles. The van der Waals surface area contributed by atoms with E-state index in [0.29, 0.717) is 0 Å². The summed E-state index contributed by atoms with van der Waals surface area (Å²) in [6.07, 6.45) is 1.84. The first-order valence-corrected chi connectivity index (χ1v) is 6.71. The van der Waals surface area contributed by atoms with Crippen molar-refractivity contribution in [1.29, 1.82) is 0 Å². The third-order valence-electron chi connectivity index (χ3n) is 2.45. The molecule has 0 aliphatic carbocycles. The molecule has 0 bridgehead atoms. The third kappa shape index (κ3) is 2.24. The molecule has 0 atom stereocenters. The molecule has 0 saturated heterocycles. The fourth-order valence-electron chi connectivity index (χ4n) is 1.83. The number of nitrogens with one attached hydrogen (secondary N) is 1. The van der Waals surface area contributed by atoms with Crippen LogP contribution in [0, 0.1) is 6.92 Å². The number of hydrogen-bond acceptors (Lipinski definition) is 2. The van der Waals surface area contributed by atoms with Gasteiger partial charge in [-0.15, -0.1) is 11.3 Å². The minimum atomic E-state index is 1.07. The minimum absolute atomic E-state index is 1.07. The van der Waals surface area contributed by atoms with Crippen molar-refractivity contribution in [2.24, 2.45) is 0 Å². The number of aromatic nitrogens is 2. The molecule has 0 unspecified atom stereocenters. The topological polar surface area (TPSA) is 28.7 Å². The van der Waals surface area contributed by atoms with Crippen LogP contribution in [0.15, 0.2) is 35.8 Å². The summed E-state index contributed by atoms with van der Waals surface area (Å²) in [6.45, 7) is 6.08. The van der Waals surface area contributed by atoms with Crippen LogP contribution in [0.5, 0.6) is 0 Å². The van der Waals surface area contributed by atoms with Gasteiger partial charge in [0.15, 0.2) is 0 Å². The number of para-hydroxylation sites is 1. The van der Waals surface area contributed by atoms with Gasteiger partial charge in [-0.25, -0.2) is 4.98 Å². The molecule has 88 valence electrons. The molecule has 2 aromatic heterocycles. The maximum absolute atomic E-state index is 4.34. The second-order valence-corrected chi connectivity index (χ2v) is 4.45. The molecule has 3 heteroatoms. The quantitative estimate of drug-likeness (QED) is 0.664. The van der Waals surface area contributed by atoms with E-state index in [0.717, 1.165) is 5.01 Å². The first-order valence-electron chi connectivity index (χ1n) is 5.83. The molecule has 3 aromatic rings. The van der Waals surface area contributed by atoms with E-state index in [1.54, 1.807) is 11.3 Å². The summed E-state index contributed by atoms with van der Waals surface area (Å²) < 4.78 is 0. The lowest BCUT2D eigenvalue weighted by molar-refractivity contribution is 1.30. The van der Waals surface area contributed by atoms with E-state index in [1.165, 1.54) is 22.2 Å². The highest BCUT2D eigenvalue weighted by Gasteiger charge is 2.07. The standard InChI is InChI=1S/C12H10N2S.C2H6/c1-8-7-9-3-2-4-10(11(9)14-8)12-13-5-6-15-12;1-2/h2-7,14H,1H3;1-2H3. The SMILES string of the molecule is CC.Cc1cc2cccc(-c3nccs3)c2[nH]1. The lowest BCUT2D eigenvalue weighted by Gasteiger charge is -1.98. The van der Waals surface area contributed by atoms with E-state index < -0.39 is 0 Å². The maximum Gasteiger partial charge on any atom is 0.125 e. The Morgan fingerprint density at radius 2 is 2.06 bits per heavy atom. The van der Waals surface area contributed by atoms with Crippen molar-refractivity contribution in [2.75, 3.05) is 0 Å². The number of fused-ring (bicyclic) bond motifs is 1. The maximum atomic E-state index is 4.34. The van der Waals surface area contributed by atoms with Gasteiger partial charge in [-0.2, -0.15) is 0 Å². The Hall–Kier alpha value is -1.61. The number of aromatic amines is 1. The summed E-state index contributed by atoms with van der Waals surface area (Å²) in [5.74, 6) is 0. The molecule has 0 amide bonds. The zero-order valence-electron chi connectivity index (χ0n) is 10.3. The third-order valence-corrected chi connectivity index (χ3v) is 3.26. The highest BCUT2D eigenvalue weighted by atomic mass is 32.1. The fourth-order valence-corrected chi connectivity index (χ4v) is 2.50. The van der Waals surface area contributed by atoms with Crippen LogP contribution in [0.4, 0.5) is 0 Å². The Morgan fingerprint density at radius 3 is 2.76 bits per heavy atom. The highest BCUT2D eigenvalue weighted by Crippen LogP contribution is 2.29. The zero-order valence-corrected chi connectivity index (χ0v) is 11.1. The molecule has 3 rings (SSSR count). The molecule has 0 saturated carbocycles. The van der Waals surface area contributed by atoms with Crippen molar-refractivity contribution in [3.05, 3.63) is 41.5 Å². The van der Waals surface area contributed by atoms with Gasteiger partial charge in [-0.3, -0.25) is 0 Å². The van der Waals surface area contributed by atoms with E-state index in [4.69, 9.17) is 0 Å². The van der Waals surface area contributed by atoms with Crippen molar-refractivity contribution < 1.29 is 0 Å². The Labute approximate surface area is 105 Å². The van der Waals surface area contributed by atoms with Crippen LogP contribution in [0.25, 0.3) is 21.5 Å². The predicted molar refractivity (Wildman–Crippen MR) is 75.5 cm³/mol. The van der Waals surface area contributed by atoms with Gasteiger partial charge in [0.25, 0.3) is 0 Å². The molecular formula is C14H16N2S. The summed E-state index contributed by atoms with van der Waals surface area (Å²) >= 11 is 1.67. The van der Waals surface area contributed by atoms with E-state index in [2.05, 4.69) is 41.2 Å². The van der Waals surface area contributed by atoms with Crippen molar-refractivity contribution in [3.8, 4) is 10.6 Å². The van der Waals surface area contributed by atoms with Crippen LogP contribution in [-0.4, -0.2) is 9.97 Å². The van der Waals surface area contributed by atoms with Crippen LogP contribution >= 0.6 is 11.3 Å². The molecule has 2 nitrogen and oxygen atoms in total. The fraction of sp³-hybridized carbons (Fsp3) is 0.214. The molecular weight excluding hydrogens is 228 g/mol. The van der Waals surface area contributed by atoms with Gasteiger partial charge in [0.2, 0.25) is 0 Å². The first-order chi connectivity index (χ1) is 8.34. The molecule has 0 radical (unpaired) electrons. The summed E-state index contributed by atoms with van der Waals surface area (Å²) in [6, 6.07) is 8.46. The lowest BCUT2D eigenvalue weighted by Crippen LogP contribution is -1.78. The second-order valence-electron chi connectivity index (χ2n) is 3.56. The van der Waals surface area contributed by atoms with Crippen LogP contribution in [-0.2, 0) is 0 Å². The van der Waals surface area contributed by atoms with Crippen molar-refractivity contribution >= 4 is 22.2 Å². The second kappa shape index (κ2) is 5.15.